The van der Waals surface area contributed by atoms with Gasteiger partial charge in [-0.25, -0.2) is 0 Å². The Morgan fingerprint density at radius 2 is 1.51 bits per heavy atom. The van der Waals surface area contributed by atoms with Crippen LogP contribution in [-0.4, -0.2) is 12.1 Å². The largest absolute Gasteiger partial charge is 0.461 e. The molecule has 4 fully saturated rings. The van der Waals surface area contributed by atoms with E-state index in [1.165, 1.54) is 57.8 Å². The molecule has 2 heteroatoms. The molecule has 5 aliphatic rings. The van der Waals surface area contributed by atoms with Crippen LogP contribution in [0.1, 0.15) is 140 Å². The molecule has 5 aliphatic carbocycles. The predicted molar refractivity (Wildman–Crippen MR) is 154 cm³/mol. The molecule has 0 N–H and O–H groups in total. The van der Waals surface area contributed by atoms with Crippen LogP contribution in [0.25, 0.3) is 0 Å². The molecule has 9 atom stereocenters. The Hall–Kier alpha value is -0.790. The monoisotopic (exact) mass is 510 g/mol. The average Bonchev–Trinajstić information content (AvgIpc) is 2.83. The molecule has 0 spiro atoms. The number of fused-ring (bicyclic) bond motifs is 7. The molecule has 0 amide bonds. The van der Waals surface area contributed by atoms with Crippen molar-refractivity contribution in [2.24, 2.45) is 56.2 Å². The zero-order valence-electron chi connectivity index (χ0n) is 26.1. The van der Waals surface area contributed by atoms with E-state index in [1.54, 1.807) is 5.57 Å². The van der Waals surface area contributed by atoms with Crippen LogP contribution in [0.2, 0.25) is 0 Å². The highest BCUT2D eigenvalue weighted by atomic mass is 16.5. The van der Waals surface area contributed by atoms with Gasteiger partial charge in [0, 0.05) is 5.41 Å². The van der Waals surface area contributed by atoms with Crippen molar-refractivity contribution in [1.29, 1.82) is 0 Å². The quantitative estimate of drug-likeness (QED) is 0.279. The van der Waals surface area contributed by atoms with Gasteiger partial charge in [0.1, 0.15) is 6.10 Å². The number of allylic oxidation sites excluding steroid dienone is 1. The van der Waals surface area contributed by atoms with Gasteiger partial charge in [0.2, 0.25) is 0 Å². The molecular weight excluding hydrogens is 452 g/mol. The molecule has 0 bridgehead atoms. The summed E-state index contributed by atoms with van der Waals surface area (Å²) in [5.74, 6) is 2.24. The van der Waals surface area contributed by atoms with Crippen molar-refractivity contribution < 1.29 is 9.53 Å². The molecule has 5 rings (SSSR count). The lowest BCUT2D eigenvalue weighted by molar-refractivity contribution is -0.231. The maximum Gasteiger partial charge on any atom is 0.308 e. The minimum atomic E-state index is -0.0692. The maximum absolute atomic E-state index is 12.8. The van der Waals surface area contributed by atoms with Crippen molar-refractivity contribution in [1.82, 2.24) is 0 Å². The van der Waals surface area contributed by atoms with Crippen molar-refractivity contribution in [2.45, 2.75) is 146 Å². The number of hydrogen-bond acceptors (Lipinski definition) is 2. The molecule has 4 saturated carbocycles. The molecule has 2 nitrogen and oxygen atoms in total. The molecule has 37 heavy (non-hydrogen) atoms. The van der Waals surface area contributed by atoms with Gasteiger partial charge in [0.25, 0.3) is 0 Å². The molecule has 0 unspecified atom stereocenters. The molecule has 0 aromatic rings. The molecule has 0 heterocycles. The minimum absolute atomic E-state index is 0.00104. The first-order valence-corrected chi connectivity index (χ1v) is 16.0. The van der Waals surface area contributed by atoms with E-state index in [0.29, 0.717) is 33.0 Å². The fourth-order valence-corrected chi connectivity index (χ4v) is 11.1. The fraction of sp³-hybridized carbons (Fsp3) is 0.914. The third-order valence-corrected chi connectivity index (χ3v) is 14.3. The number of hydrogen-bond donors (Lipinski definition) is 0. The lowest BCUT2D eigenvalue weighted by atomic mass is 9.31. The number of ether oxygens (including phenoxy) is 1. The van der Waals surface area contributed by atoms with Crippen LogP contribution in [0, 0.1) is 56.2 Å². The highest BCUT2D eigenvalue weighted by molar-refractivity contribution is 5.72. The number of esters is 1. The normalized spacial score (nSPS) is 48.9. The number of rotatable bonds is 3. The average molecular weight is 511 g/mol. The maximum atomic E-state index is 12.8. The van der Waals surface area contributed by atoms with Gasteiger partial charge in [-0.3, -0.25) is 4.79 Å². The Bertz CT molecular complexity index is 958. The Morgan fingerprint density at radius 3 is 2.19 bits per heavy atom. The molecule has 0 aromatic carbocycles. The Morgan fingerprint density at radius 1 is 0.892 bits per heavy atom. The van der Waals surface area contributed by atoms with Gasteiger partial charge >= 0.3 is 5.97 Å². The van der Waals surface area contributed by atoms with Gasteiger partial charge in [0.15, 0.2) is 0 Å². The first-order chi connectivity index (χ1) is 17.0. The van der Waals surface area contributed by atoms with Gasteiger partial charge in [-0.15, -0.1) is 0 Å². The van der Waals surface area contributed by atoms with E-state index in [0.717, 1.165) is 24.7 Å². The van der Waals surface area contributed by atoms with Gasteiger partial charge < -0.3 is 4.74 Å². The second kappa shape index (κ2) is 8.60. The van der Waals surface area contributed by atoms with Crippen LogP contribution in [0.5, 0.6) is 0 Å². The van der Waals surface area contributed by atoms with Crippen molar-refractivity contribution in [2.75, 3.05) is 0 Å². The smallest absolute Gasteiger partial charge is 0.308 e. The summed E-state index contributed by atoms with van der Waals surface area (Å²) in [5.41, 5.74) is 3.77. The zero-order valence-corrected chi connectivity index (χ0v) is 26.1. The summed E-state index contributed by atoms with van der Waals surface area (Å²) in [6.07, 6.45) is 16.8. The lowest BCUT2D eigenvalue weighted by Crippen LogP contribution is -2.65. The van der Waals surface area contributed by atoms with Crippen molar-refractivity contribution in [3.8, 4) is 0 Å². The SMILES string of the molecule is CC[C@@H](C)C(=O)O[C@@H]1CC[C@@H]2C(=CC[C@H]3[C@@]2(C)CC[C@@]2(C)[C@@H]4CC(C)(C)CC[C@]4(C)CC[C@]32C)C1(C)C. The van der Waals surface area contributed by atoms with E-state index in [1.807, 2.05) is 6.92 Å². The molecule has 0 aliphatic heterocycles. The van der Waals surface area contributed by atoms with Crippen LogP contribution in [0.4, 0.5) is 0 Å². The highest BCUT2D eigenvalue weighted by Crippen LogP contribution is 2.77. The molecule has 210 valence electrons. The van der Waals surface area contributed by atoms with Crippen LogP contribution in [0.3, 0.4) is 0 Å². The lowest BCUT2D eigenvalue weighted by Gasteiger charge is -2.73. The van der Waals surface area contributed by atoms with Crippen molar-refractivity contribution in [3.63, 3.8) is 0 Å². The van der Waals surface area contributed by atoms with E-state index < -0.39 is 0 Å². The molecule has 0 saturated heterocycles. The van der Waals surface area contributed by atoms with E-state index in [2.05, 4.69) is 68.4 Å². The van der Waals surface area contributed by atoms with Gasteiger partial charge in [-0.2, -0.15) is 0 Å². The summed E-state index contributed by atoms with van der Waals surface area (Å²) in [5, 5.41) is 0. The predicted octanol–water partition coefficient (Wildman–Crippen LogP) is 9.77. The van der Waals surface area contributed by atoms with Crippen molar-refractivity contribution >= 4 is 5.97 Å². The van der Waals surface area contributed by atoms with Gasteiger partial charge in [0.05, 0.1) is 5.92 Å². The van der Waals surface area contributed by atoms with E-state index in [4.69, 9.17) is 4.74 Å². The first-order valence-electron chi connectivity index (χ1n) is 16.0. The van der Waals surface area contributed by atoms with Crippen LogP contribution >= 0.6 is 0 Å². The standard InChI is InChI=1S/C35H58O2/c1-11-23(2)29(36)37-28-15-13-25-24(31(28,5)6)12-14-26-33(25,8)19-21-35(10)27-22-30(3,4)16-17-32(27,7)18-20-34(26,35)9/h12,23,25-28H,11,13-22H2,1-10H3/t23-,25-,26+,27-,28-,32-,33+,34-,35+/m1/s1. The van der Waals surface area contributed by atoms with Gasteiger partial charge in [-0.05, 0) is 115 Å². The molecular formula is C35H58O2. The summed E-state index contributed by atoms with van der Waals surface area (Å²) < 4.78 is 6.21. The molecule has 0 radical (unpaired) electrons. The Kier molecular flexibility index (Phi) is 6.46. The fourth-order valence-electron chi connectivity index (χ4n) is 11.1. The summed E-state index contributed by atoms with van der Waals surface area (Å²) in [7, 11) is 0. The number of carbonyl (C=O) groups is 1. The summed E-state index contributed by atoms with van der Waals surface area (Å²) in [4.78, 5) is 12.8. The van der Waals surface area contributed by atoms with Crippen LogP contribution in [0.15, 0.2) is 11.6 Å². The Labute approximate surface area is 229 Å². The topological polar surface area (TPSA) is 26.3 Å². The Balaban J connectivity index is 1.47. The van der Waals surface area contributed by atoms with Crippen LogP contribution < -0.4 is 0 Å². The zero-order chi connectivity index (χ0) is 27.2. The van der Waals surface area contributed by atoms with Crippen LogP contribution in [-0.2, 0) is 9.53 Å². The van der Waals surface area contributed by atoms with Gasteiger partial charge in [-0.1, -0.05) is 80.9 Å². The summed E-state index contributed by atoms with van der Waals surface area (Å²) in [6, 6.07) is 0. The van der Waals surface area contributed by atoms with E-state index in [9.17, 15) is 4.79 Å². The second-order valence-electron chi connectivity index (χ2n) is 16.9. The first kappa shape index (κ1) is 27.8. The summed E-state index contributed by atoms with van der Waals surface area (Å²) >= 11 is 0. The molecule has 0 aromatic heterocycles. The third kappa shape index (κ3) is 3.87. The van der Waals surface area contributed by atoms with E-state index in [-0.39, 0.29) is 23.4 Å². The number of carbonyl (C=O) groups excluding carboxylic acids is 1. The highest BCUT2D eigenvalue weighted by Gasteiger charge is 2.69. The van der Waals surface area contributed by atoms with E-state index >= 15 is 0 Å². The second-order valence-corrected chi connectivity index (χ2v) is 16.9. The summed E-state index contributed by atoms with van der Waals surface area (Å²) in [6.45, 7) is 24.7. The van der Waals surface area contributed by atoms with Crippen molar-refractivity contribution in [3.05, 3.63) is 11.6 Å². The third-order valence-electron chi connectivity index (χ3n) is 14.3. The minimum Gasteiger partial charge on any atom is -0.461 e.